The van der Waals surface area contributed by atoms with E-state index in [2.05, 4.69) is 29.4 Å². The maximum atomic E-state index is 12.7. The van der Waals surface area contributed by atoms with Crippen molar-refractivity contribution in [3.8, 4) is 5.75 Å². The predicted molar refractivity (Wildman–Crippen MR) is 113 cm³/mol. The molecule has 4 rings (SSSR count). The number of β-amino-alcohol motifs (C(OH)–C–C–N with tert-alkyl or cyclic N) is 1. The van der Waals surface area contributed by atoms with E-state index in [-0.39, 0.29) is 11.9 Å². The molecule has 1 saturated heterocycles. The van der Waals surface area contributed by atoms with Crippen LogP contribution in [0.1, 0.15) is 41.6 Å². The van der Waals surface area contributed by atoms with Crippen LogP contribution in [0, 0.1) is 0 Å². The molecule has 1 heterocycles. The minimum absolute atomic E-state index is 0.0255. The van der Waals surface area contributed by atoms with Crippen LogP contribution in [0.4, 0.5) is 0 Å². The minimum atomic E-state index is -0.819. The van der Waals surface area contributed by atoms with Crippen LogP contribution >= 0.6 is 0 Å². The Kier molecular flexibility index (Phi) is 5.36. The van der Waals surface area contributed by atoms with Crippen molar-refractivity contribution in [3.05, 3.63) is 65.7 Å². The van der Waals surface area contributed by atoms with Gasteiger partial charge >= 0.3 is 0 Å². The van der Waals surface area contributed by atoms with Crippen LogP contribution in [0.2, 0.25) is 0 Å². The van der Waals surface area contributed by atoms with Crippen molar-refractivity contribution in [2.24, 2.45) is 0 Å². The number of rotatable bonds is 4. The number of likely N-dealkylation sites (N-methyl/N-ethyl adjacent to an activating group) is 1. The smallest absolute Gasteiger partial charge is 0.251 e. The minimum Gasteiger partial charge on any atom is -0.497 e. The van der Waals surface area contributed by atoms with E-state index < -0.39 is 11.0 Å². The first-order valence-electron chi connectivity index (χ1n) is 10.4. The highest BCUT2D eigenvalue weighted by Gasteiger charge is 2.57. The van der Waals surface area contributed by atoms with E-state index in [0.29, 0.717) is 18.5 Å². The maximum Gasteiger partial charge on any atom is 0.251 e. The quantitative estimate of drug-likeness (QED) is 0.837. The topological polar surface area (TPSA) is 61.8 Å². The van der Waals surface area contributed by atoms with Gasteiger partial charge in [0.2, 0.25) is 0 Å². The van der Waals surface area contributed by atoms with E-state index in [4.69, 9.17) is 4.74 Å². The van der Waals surface area contributed by atoms with Crippen molar-refractivity contribution in [2.45, 2.75) is 42.7 Å². The first-order valence-corrected chi connectivity index (χ1v) is 10.4. The molecule has 0 unspecified atom stereocenters. The van der Waals surface area contributed by atoms with E-state index in [1.807, 2.05) is 42.5 Å². The number of methoxy groups -OCH3 is 1. The molecule has 2 N–H and O–H groups in total. The summed E-state index contributed by atoms with van der Waals surface area (Å²) >= 11 is 0. The monoisotopic (exact) mass is 394 g/mol. The van der Waals surface area contributed by atoms with Gasteiger partial charge in [0, 0.05) is 23.6 Å². The lowest BCUT2D eigenvalue weighted by atomic mass is 9.55. The van der Waals surface area contributed by atoms with Crippen LogP contribution in [0.3, 0.4) is 0 Å². The van der Waals surface area contributed by atoms with Crippen LogP contribution < -0.4 is 10.1 Å². The standard InChI is InChI=1S/C24H30N2O3/c1-26-14-13-23(19-9-6-10-21(15-19)29-2)16-20(11-12-24(23,28)17-26)25-22(27)18-7-4-3-5-8-18/h3-10,15,20,28H,11-14,16-17H2,1-2H3,(H,25,27)/t20-,23+,24+/m1/s1. The van der Waals surface area contributed by atoms with Gasteiger partial charge in [-0.15, -0.1) is 0 Å². The zero-order chi connectivity index (χ0) is 20.5. The van der Waals surface area contributed by atoms with Gasteiger partial charge in [-0.05, 0) is 69.1 Å². The lowest BCUT2D eigenvalue weighted by Crippen LogP contribution is -2.66. The van der Waals surface area contributed by atoms with Crippen molar-refractivity contribution >= 4 is 5.91 Å². The Morgan fingerprint density at radius 3 is 2.72 bits per heavy atom. The average molecular weight is 395 g/mol. The van der Waals surface area contributed by atoms with Crippen molar-refractivity contribution in [2.75, 3.05) is 27.2 Å². The molecular formula is C24H30N2O3. The Balaban J connectivity index is 1.65. The molecule has 0 radical (unpaired) electrons. The number of carbonyl (C=O) groups excluding carboxylic acids is 1. The van der Waals surface area contributed by atoms with Crippen molar-refractivity contribution in [3.63, 3.8) is 0 Å². The lowest BCUT2D eigenvalue weighted by Gasteiger charge is -2.57. The fraction of sp³-hybridized carbons (Fsp3) is 0.458. The summed E-state index contributed by atoms with van der Waals surface area (Å²) in [6.45, 7) is 1.56. The number of benzene rings is 2. The summed E-state index contributed by atoms with van der Waals surface area (Å²) in [5.41, 5.74) is 0.555. The van der Waals surface area contributed by atoms with E-state index in [1.54, 1.807) is 7.11 Å². The van der Waals surface area contributed by atoms with Gasteiger partial charge in [0.1, 0.15) is 5.75 Å². The molecule has 0 aromatic heterocycles. The van der Waals surface area contributed by atoms with Crippen LogP contribution in [0.15, 0.2) is 54.6 Å². The molecule has 2 aliphatic rings. The molecule has 2 aromatic rings. The molecule has 2 aromatic carbocycles. The third-order valence-electron chi connectivity index (χ3n) is 6.84. The lowest BCUT2D eigenvalue weighted by molar-refractivity contribution is -0.121. The predicted octanol–water partition coefficient (Wildman–Crippen LogP) is 2.98. The molecule has 1 aliphatic carbocycles. The third kappa shape index (κ3) is 3.65. The number of ether oxygens (including phenoxy) is 1. The van der Waals surface area contributed by atoms with Gasteiger partial charge < -0.3 is 20.1 Å². The molecular weight excluding hydrogens is 364 g/mol. The van der Waals surface area contributed by atoms with Gasteiger partial charge in [-0.3, -0.25) is 4.79 Å². The molecule has 0 spiro atoms. The van der Waals surface area contributed by atoms with E-state index in [0.717, 1.165) is 37.1 Å². The SMILES string of the molecule is COc1cccc([C@@]23CCN(C)C[C@@]2(O)CC[C@@H](NC(=O)c2ccccc2)C3)c1. The average Bonchev–Trinajstić information content (AvgIpc) is 2.74. The third-order valence-corrected chi connectivity index (χ3v) is 6.84. The summed E-state index contributed by atoms with van der Waals surface area (Å²) in [4.78, 5) is 15.0. The number of likely N-dealkylation sites (tertiary alicyclic amines) is 1. The van der Waals surface area contributed by atoms with E-state index in [9.17, 15) is 9.90 Å². The second kappa shape index (κ2) is 7.81. The first-order chi connectivity index (χ1) is 14.0. The van der Waals surface area contributed by atoms with Gasteiger partial charge in [0.25, 0.3) is 5.91 Å². The van der Waals surface area contributed by atoms with Crippen molar-refractivity contribution in [1.82, 2.24) is 10.2 Å². The summed E-state index contributed by atoms with van der Waals surface area (Å²) in [7, 11) is 3.73. The van der Waals surface area contributed by atoms with Gasteiger partial charge in [-0.1, -0.05) is 30.3 Å². The number of amides is 1. The maximum absolute atomic E-state index is 12.7. The molecule has 3 atom stereocenters. The zero-order valence-electron chi connectivity index (χ0n) is 17.2. The normalized spacial score (nSPS) is 29.7. The number of fused-ring (bicyclic) bond motifs is 1. The Morgan fingerprint density at radius 2 is 1.97 bits per heavy atom. The number of carbonyl (C=O) groups is 1. The molecule has 1 saturated carbocycles. The Hall–Kier alpha value is -2.37. The first kappa shape index (κ1) is 19.9. The van der Waals surface area contributed by atoms with Gasteiger partial charge in [-0.25, -0.2) is 0 Å². The van der Waals surface area contributed by atoms with Crippen LogP contribution in [0.25, 0.3) is 0 Å². The van der Waals surface area contributed by atoms with E-state index in [1.165, 1.54) is 0 Å². The van der Waals surface area contributed by atoms with Gasteiger partial charge in [0.15, 0.2) is 0 Å². The molecule has 2 fully saturated rings. The van der Waals surface area contributed by atoms with Crippen LogP contribution in [-0.2, 0) is 5.41 Å². The number of piperidine rings is 1. The summed E-state index contributed by atoms with van der Waals surface area (Å²) < 4.78 is 5.46. The number of hydrogen-bond acceptors (Lipinski definition) is 4. The second-order valence-corrected chi connectivity index (χ2v) is 8.61. The molecule has 1 aliphatic heterocycles. The Bertz CT molecular complexity index is 871. The molecule has 0 bridgehead atoms. The molecule has 5 heteroatoms. The van der Waals surface area contributed by atoms with Crippen LogP contribution in [-0.4, -0.2) is 54.8 Å². The molecule has 1 amide bonds. The zero-order valence-corrected chi connectivity index (χ0v) is 17.2. The fourth-order valence-electron chi connectivity index (χ4n) is 5.27. The highest BCUT2D eigenvalue weighted by molar-refractivity contribution is 5.94. The summed E-state index contributed by atoms with van der Waals surface area (Å²) in [5.74, 6) is 0.753. The highest BCUT2D eigenvalue weighted by atomic mass is 16.5. The summed E-state index contributed by atoms with van der Waals surface area (Å²) in [5, 5.41) is 15.0. The number of hydrogen-bond donors (Lipinski definition) is 2. The Morgan fingerprint density at radius 1 is 1.17 bits per heavy atom. The molecule has 154 valence electrons. The number of nitrogens with zero attached hydrogens (tertiary/aromatic N) is 1. The van der Waals surface area contributed by atoms with Gasteiger partial charge in [0.05, 0.1) is 12.7 Å². The highest BCUT2D eigenvalue weighted by Crippen LogP contribution is 2.51. The number of nitrogens with one attached hydrogen (secondary N) is 1. The summed E-state index contributed by atoms with van der Waals surface area (Å²) in [6, 6.07) is 17.4. The van der Waals surface area contributed by atoms with Crippen LogP contribution in [0.5, 0.6) is 5.75 Å². The largest absolute Gasteiger partial charge is 0.497 e. The van der Waals surface area contributed by atoms with Crippen molar-refractivity contribution < 1.29 is 14.6 Å². The number of aliphatic hydroxyl groups is 1. The van der Waals surface area contributed by atoms with Crippen molar-refractivity contribution in [1.29, 1.82) is 0 Å². The fourth-order valence-corrected chi connectivity index (χ4v) is 5.27. The van der Waals surface area contributed by atoms with Gasteiger partial charge in [-0.2, -0.15) is 0 Å². The van der Waals surface area contributed by atoms with E-state index >= 15 is 0 Å². The Labute approximate surface area is 172 Å². The second-order valence-electron chi connectivity index (χ2n) is 8.61. The summed E-state index contributed by atoms with van der Waals surface area (Å²) in [6.07, 6.45) is 3.01. The molecule has 29 heavy (non-hydrogen) atoms. The molecule has 5 nitrogen and oxygen atoms in total.